The fourth-order valence-corrected chi connectivity index (χ4v) is 4.84. The zero-order valence-electron chi connectivity index (χ0n) is 13.4. The van der Waals surface area contributed by atoms with Crippen molar-refractivity contribution < 1.29 is 14.3 Å². The molecule has 1 aliphatic carbocycles. The molecule has 130 valence electrons. The second kappa shape index (κ2) is 6.09. The van der Waals surface area contributed by atoms with Gasteiger partial charge in [-0.05, 0) is 37.0 Å². The molecular weight excluding hydrogens is 381 g/mol. The van der Waals surface area contributed by atoms with Crippen molar-refractivity contribution in [1.82, 2.24) is 0 Å². The van der Waals surface area contributed by atoms with Crippen molar-refractivity contribution in [3.63, 3.8) is 0 Å². The Bertz CT molecular complexity index is 890. The predicted molar refractivity (Wildman–Crippen MR) is 99.0 cm³/mol. The minimum absolute atomic E-state index is 0.122. The van der Waals surface area contributed by atoms with Crippen LogP contribution in [-0.2, 0) is 15.1 Å². The van der Waals surface area contributed by atoms with E-state index < -0.39 is 11.5 Å². The number of thiophene rings is 1. The van der Waals surface area contributed by atoms with E-state index in [0.29, 0.717) is 32.8 Å². The first-order valence-electron chi connectivity index (χ1n) is 7.93. The van der Waals surface area contributed by atoms with Gasteiger partial charge in [0.2, 0.25) is 0 Å². The number of halogens is 2. The molecule has 0 spiro atoms. The third-order valence-corrected chi connectivity index (χ3v) is 6.52. The van der Waals surface area contributed by atoms with E-state index in [2.05, 4.69) is 5.32 Å². The van der Waals surface area contributed by atoms with Crippen LogP contribution in [0.3, 0.4) is 0 Å². The molecule has 1 N–H and O–H groups in total. The molecule has 2 heterocycles. The number of fused-ring (bicyclic) bond motifs is 1. The predicted octanol–water partition coefficient (Wildman–Crippen LogP) is 5.00. The lowest BCUT2D eigenvalue weighted by Crippen LogP contribution is -2.38. The van der Waals surface area contributed by atoms with Crippen LogP contribution < -0.4 is 5.32 Å². The average molecular weight is 396 g/mol. The van der Waals surface area contributed by atoms with Crippen molar-refractivity contribution in [2.75, 3.05) is 12.4 Å². The van der Waals surface area contributed by atoms with Crippen molar-refractivity contribution in [1.29, 1.82) is 0 Å². The summed E-state index contributed by atoms with van der Waals surface area (Å²) in [6.45, 7) is 0. The molecule has 0 radical (unpaired) electrons. The highest BCUT2D eigenvalue weighted by atomic mass is 35.5. The summed E-state index contributed by atoms with van der Waals surface area (Å²) >= 11 is 14.1. The van der Waals surface area contributed by atoms with Crippen LogP contribution in [0.4, 0.5) is 5.69 Å². The molecule has 1 aromatic heterocycles. The summed E-state index contributed by atoms with van der Waals surface area (Å²) in [4.78, 5) is 26.7. The molecule has 2 aliphatic rings. The molecular formula is C18H15Cl2NO3S. The van der Waals surface area contributed by atoms with Crippen LogP contribution in [0.2, 0.25) is 10.0 Å². The van der Waals surface area contributed by atoms with Gasteiger partial charge in [-0.3, -0.25) is 9.59 Å². The Morgan fingerprint density at radius 2 is 2.08 bits per heavy atom. The number of amides is 1. The van der Waals surface area contributed by atoms with Crippen LogP contribution in [0.15, 0.2) is 23.6 Å². The largest absolute Gasteiger partial charge is 0.363 e. The van der Waals surface area contributed by atoms with Crippen molar-refractivity contribution >= 4 is 51.9 Å². The fraction of sp³-hybridized carbons (Fsp3) is 0.333. The van der Waals surface area contributed by atoms with Gasteiger partial charge in [0, 0.05) is 33.5 Å². The topological polar surface area (TPSA) is 55.4 Å². The van der Waals surface area contributed by atoms with Gasteiger partial charge in [-0.25, -0.2) is 0 Å². The Kier molecular flexibility index (Phi) is 4.15. The van der Waals surface area contributed by atoms with Crippen LogP contribution >= 0.6 is 34.5 Å². The molecule has 4 nitrogen and oxygen atoms in total. The minimum Gasteiger partial charge on any atom is -0.363 e. The van der Waals surface area contributed by atoms with Gasteiger partial charge in [-0.1, -0.05) is 23.2 Å². The SMILES string of the molecule is COC1(CC(=O)c2csc(C3CC3)c2)C(=O)Nc2c(Cl)ccc(Cl)c21. The third kappa shape index (κ3) is 2.70. The van der Waals surface area contributed by atoms with E-state index in [1.807, 2.05) is 11.4 Å². The Morgan fingerprint density at radius 1 is 1.36 bits per heavy atom. The number of anilines is 1. The molecule has 1 atom stereocenters. The summed E-state index contributed by atoms with van der Waals surface area (Å²) in [7, 11) is 1.41. The first-order valence-corrected chi connectivity index (χ1v) is 9.56. The van der Waals surface area contributed by atoms with Gasteiger partial charge in [0.1, 0.15) is 0 Å². The fourth-order valence-electron chi connectivity index (χ4n) is 3.24. The highest BCUT2D eigenvalue weighted by Crippen LogP contribution is 2.49. The monoisotopic (exact) mass is 395 g/mol. The molecule has 1 fully saturated rings. The lowest BCUT2D eigenvalue weighted by Gasteiger charge is -2.25. The van der Waals surface area contributed by atoms with Gasteiger partial charge >= 0.3 is 0 Å². The smallest absolute Gasteiger partial charge is 0.261 e. The zero-order chi connectivity index (χ0) is 17.8. The number of hydrogen-bond donors (Lipinski definition) is 1. The lowest BCUT2D eigenvalue weighted by atomic mass is 9.88. The van der Waals surface area contributed by atoms with Crippen molar-refractivity contribution in [3.8, 4) is 0 Å². The second-order valence-corrected chi connectivity index (χ2v) is 8.13. The highest BCUT2D eigenvalue weighted by Gasteiger charge is 2.51. The van der Waals surface area contributed by atoms with Crippen molar-refractivity contribution in [2.45, 2.75) is 30.8 Å². The standard InChI is InChI=1S/C18H15Cl2NO3S/c1-24-18(7-13(22)10-6-14(25-8-10)9-2-3-9)15-11(19)4-5-12(20)16(15)21-17(18)23/h4-6,8-9H,2-3,7H2,1H3,(H,21,23). The second-order valence-electron chi connectivity index (χ2n) is 6.38. The van der Waals surface area contributed by atoms with E-state index in [-0.39, 0.29) is 12.2 Å². The quantitative estimate of drug-likeness (QED) is 0.724. The number of nitrogens with one attached hydrogen (secondary N) is 1. The number of Topliss-reactive ketones (excluding diaryl/α,β-unsaturated/α-hetero) is 1. The van der Waals surface area contributed by atoms with Crippen LogP contribution in [0, 0.1) is 0 Å². The normalized spacial score (nSPS) is 22.0. The van der Waals surface area contributed by atoms with Gasteiger partial charge in [0.25, 0.3) is 5.91 Å². The number of ketones is 1. The van der Waals surface area contributed by atoms with Crippen molar-refractivity contribution in [3.05, 3.63) is 49.6 Å². The number of carbonyl (C=O) groups excluding carboxylic acids is 2. The lowest BCUT2D eigenvalue weighted by molar-refractivity contribution is -0.137. The van der Waals surface area contributed by atoms with Crippen molar-refractivity contribution in [2.24, 2.45) is 0 Å². The van der Waals surface area contributed by atoms with Crippen LogP contribution in [0.1, 0.15) is 46.0 Å². The summed E-state index contributed by atoms with van der Waals surface area (Å²) in [5.41, 5.74) is -0.00325. The van der Waals surface area contributed by atoms with E-state index in [1.165, 1.54) is 24.8 Å². The summed E-state index contributed by atoms with van der Waals surface area (Å²) in [5.74, 6) is 0.0155. The van der Waals surface area contributed by atoms with Crippen LogP contribution in [-0.4, -0.2) is 18.8 Å². The van der Waals surface area contributed by atoms with E-state index in [0.717, 1.165) is 0 Å². The van der Waals surface area contributed by atoms with E-state index in [1.54, 1.807) is 23.5 Å². The van der Waals surface area contributed by atoms with Gasteiger partial charge in [-0.15, -0.1) is 11.3 Å². The maximum Gasteiger partial charge on any atom is 0.261 e. The summed E-state index contributed by atoms with van der Waals surface area (Å²) in [6, 6.07) is 5.15. The molecule has 1 amide bonds. The Labute approximate surface area is 159 Å². The first-order chi connectivity index (χ1) is 12.0. The molecule has 0 bridgehead atoms. The zero-order valence-corrected chi connectivity index (χ0v) is 15.7. The Morgan fingerprint density at radius 3 is 2.76 bits per heavy atom. The average Bonchev–Trinajstić information content (AvgIpc) is 3.24. The number of methoxy groups -OCH3 is 1. The molecule has 7 heteroatoms. The van der Waals surface area contributed by atoms with Gasteiger partial charge in [0.15, 0.2) is 11.4 Å². The number of benzene rings is 1. The summed E-state index contributed by atoms with van der Waals surface area (Å²) in [6.07, 6.45) is 2.24. The molecule has 1 saturated carbocycles. The molecule has 1 unspecified atom stereocenters. The number of carbonyl (C=O) groups is 2. The Hall–Kier alpha value is -1.40. The maximum absolute atomic E-state index is 12.8. The number of ether oxygens (including phenoxy) is 1. The molecule has 1 aliphatic heterocycles. The minimum atomic E-state index is -1.46. The molecule has 0 saturated heterocycles. The first kappa shape index (κ1) is 17.0. The van der Waals surface area contributed by atoms with E-state index >= 15 is 0 Å². The van der Waals surface area contributed by atoms with Gasteiger partial charge in [-0.2, -0.15) is 0 Å². The summed E-state index contributed by atoms with van der Waals surface area (Å²) < 4.78 is 5.56. The highest BCUT2D eigenvalue weighted by molar-refractivity contribution is 7.10. The molecule has 2 aromatic rings. The van der Waals surface area contributed by atoms with Crippen LogP contribution in [0.5, 0.6) is 0 Å². The molecule has 1 aromatic carbocycles. The van der Waals surface area contributed by atoms with E-state index in [9.17, 15) is 9.59 Å². The summed E-state index contributed by atoms with van der Waals surface area (Å²) in [5, 5.41) is 5.27. The molecule has 25 heavy (non-hydrogen) atoms. The molecule has 4 rings (SSSR count). The van der Waals surface area contributed by atoms with Crippen LogP contribution in [0.25, 0.3) is 0 Å². The number of rotatable bonds is 5. The van der Waals surface area contributed by atoms with Gasteiger partial charge < -0.3 is 10.1 Å². The van der Waals surface area contributed by atoms with E-state index in [4.69, 9.17) is 27.9 Å². The van der Waals surface area contributed by atoms with Gasteiger partial charge in [0.05, 0.1) is 17.1 Å². The maximum atomic E-state index is 12.8. The Balaban J connectivity index is 1.71. The third-order valence-electron chi connectivity index (χ3n) is 4.79. The number of hydrogen-bond acceptors (Lipinski definition) is 4.